The van der Waals surface area contributed by atoms with Crippen LogP contribution in [0.3, 0.4) is 0 Å². The fourth-order valence-corrected chi connectivity index (χ4v) is 1.33. The Balaban J connectivity index is 0.00000256. The van der Waals surface area contributed by atoms with Crippen molar-refractivity contribution in [3.05, 3.63) is 29.6 Å². The van der Waals surface area contributed by atoms with Crippen molar-refractivity contribution < 1.29 is 0 Å². The number of aliphatic imine (C=N–C) groups is 1. The Morgan fingerprint density at radius 3 is 2.76 bits per heavy atom. The predicted octanol–water partition coefficient (Wildman–Crippen LogP) is 2.08. The molecule has 0 aliphatic carbocycles. The monoisotopic (exact) mass is 348 g/mol. The van der Waals surface area contributed by atoms with Gasteiger partial charge in [0.15, 0.2) is 5.96 Å². The average molecular weight is 348 g/mol. The van der Waals surface area contributed by atoms with Crippen molar-refractivity contribution in [3.63, 3.8) is 0 Å². The Morgan fingerprint density at radius 2 is 2.18 bits per heavy atom. The minimum Gasteiger partial charge on any atom is -0.356 e. The highest BCUT2D eigenvalue weighted by Crippen LogP contribution is 2.01. The third kappa shape index (κ3) is 5.86. The number of rotatable bonds is 4. The highest BCUT2D eigenvalue weighted by molar-refractivity contribution is 14.0. The normalized spacial score (nSPS) is 10.6. The van der Waals surface area contributed by atoms with E-state index in [-0.39, 0.29) is 24.0 Å². The van der Waals surface area contributed by atoms with Crippen molar-refractivity contribution in [2.24, 2.45) is 4.99 Å². The molecule has 0 saturated carbocycles. The van der Waals surface area contributed by atoms with Crippen LogP contribution in [-0.2, 0) is 6.54 Å². The Hall–Kier alpha value is -0.850. The fourth-order valence-electron chi connectivity index (χ4n) is 1.33. The highest BCUT2D eigenvalue weighted by Gasteiger charge is 2.00. The summed E-state index contributed by atoms with van der Waals surface area (Å²) in [6.45, 7) is 5.83. The van der Waals surface area contributed by atoms with E-state index >= 15 is 0 Å². The first-order chi connectivity index (χ1) is 7.77. The molecule has 17 heavy (non-hydrogen) atoms. The summed E-state index contributed by atoms with van der Waals surface area (Å²) in [6.07, 6.45) is 2.90. The summed E-state index contributed by atoms with van der Waals surface area (Å²) >= 11 is 0. The van der Waals surface area contributed by atoms with E-state index in [4.69, 9.17) is 0 Å². The topological polar surface area (TPSA) is 49.3 Å². The number of guanidine groups is 1. The molecule has 2 N–H and O–H groups in total. The number of hydrogen-bond acceptors (Lipinski definition) is 2. The van der Waals surface area contributed by atoms with Crippen molar-refractivity contribution in [1.29, 1.82) is 0 Å². The molecular formula is C12H21IN4. The van der Waals surface area contributed by atoms with Crippen LogP contribution < -0.4 is 10.6 Å². The zero-order valence-electron chi connectivity index (χ0n) is 10.7. The maximum Gasteiger partial charge on any atom is 0.191 e. The van der Waals surface area contributed by atoms with Gasteiger partial charge in [0.05, 0.1) is 12.2 Å². The minimum atomic E-state index is 0. The molecule has 0 atom stereocenters. The molecule has 0 radical (unpaired) electrons. The maximum absolute atomic E-state index is 4.32. The highest BCUT2D eigenvalue weighted by atomic mass is 127. The maximum atomic E-state index is 4.32. The number of aromatic nitrogens is 1. The zero-order valence-corrected chi connectivity index (χ0v) is 13.0. The van der Waals surface area contributed by atoms with Crippen molar-refractivity contribution in [2.75, 3.05) is 13.6 Å². The average Bonchev–Trinajstić information content (AvgIpc) is 2.31. The summed E-state index contributed by atoms with van der Waals surface area (Å²) in [5.41, 5.74) is 2.25. The van der Waals surface area contributed by atoms with Gasteiger partial charge >= 0.3 is 0 Å². The molecule has 0 fully saturated rings. The molecule has 1 rings (SSSR count). The lowest BCUT2D eigenvalue weighted by Crippen LogP contribution is -2.37. The molecule has 0 saturated heterocycles. The molecule has 1 aromatic heterocycles. The second kappa shape index (κ2) is 9.21. The molecule has 4 nitrogen and oxygen atoms in total. The van der Waals surface area contributed by atoms with Gasteiger partial charge in [0, 0.05) is 19.8 Å². The molecule has 5 heteroatoms. The van der Waals surface area contributed by atoms with Crippen molar-refractivity contribution >= 4 is 29.9 Å². The van der Waals surface area contributed by atoms with E-state index in [1.807, 2.05) is 12.3 Å². The van der Waals surface area contributed by atoms with Crippen molar-refractivity contribution in [1.82, 2.24) is 15.6 Å². The molecule has 0 unspecified atom stereocenters. The lowest BCUT2D eigenvalue weighted by molar-refractivity contribution is 0.770. The molecule has 96 valence electrons. The van der Waals surface area contributed by atoms with Crippen LogP contribution in [0.25, 0.3) is 0 Å². The molecule has 1 heterocycles. The SMILES string of the molecule is CCCNC(=NC)NCc1ncccc1C.I. The summed E-state index contributed by atoms with van der Waals surface area (Å²) in [4.78, 5) is 8.46. The van der Waals surface area contributed by atoms with E-state index in [1.165, 1.54) is 5.56 Å². The van der Waals surface area contributed by atoms with E-state index in [1.54, 1.807) is 7.05 Å². The van der Waals surface area contributed by atoms with Crippen LogP contribution >= 0.6 is 24.0 Å². The Labute approximate surface area is 120 Å². The van der Waals surface area contributed by atoms with E-state index in [0.717, 1.165) is 24.6 Å². The number of pyridine rings is 1. The number of nitrogens with one attached hydrogen (secondary N) is 2. The van der Waals surface area contributed by atoms with E-state index in [0.29, 0.717) is 6.54 Å². The van der Waals surface area contributed by atoms with Gasteiger partial charge in [-0.05, 0) is 25.0 Å². The summed E-state index contributed by atoms with van der Waals surface area (Å²) < 4.78 is 0. The molecule has 0 aromatic carbocycles. The third-order valence-electron chi connectivity index (χ3n) is 2.31. The molecule has 0 bridgehead atoms. The van der Waals surface area contributed by atoms with Gasteiger partial charge in [0.25, 0.3) is 0 Å². The minimum absolute atomic E-state index is 0. The van der Waals surface area contributed by atoms with Crippen molar-refractivity contribution in [3.8, 4) is 0 Å². The quantitative estimate of drug-likeness (QED) is 0.498. The first kappa shape index (κ1) is 16.1. The van der Waals surface area contributed by atoms with Gasteiger partial charge in [0.2, 0.25) is 0 Å². The van der Waals surface area contributed by atoms with Gasteiger partial charge in [-0.15, -0.1) is 24.0 Å². The van der Waals surface area contributed by atoms with E-state index in [2.05, 4.69) is 40.5 Å². The number of aryl methyl sites for hydroxylation is 1. The Morgan fingerprint density at radius 1 is 1.41 bits per heavy atom. The number of halogens is 1. The van der Waals surface area contributed by atoms with Crippen LogP contribution in [-0.4, -0.2) is 24.5 Å². The molecule has 0 aliphatic heterocycles. The second-order valence-electron chi connectivity index (χ2n) is 3.62. The molecule has 1 aromatic rings. The van der Waals surface area contributed by atoms with Gasteiger partial charge in [-0.2, -0.15) is 0 Å². The number of nitrogens with zero attached hydrogens (tertiary/aromatic N) is 2. The molecule has 0 aliphatic rings. The van der Waals surface area contributed by atoms with Gasteiger partial charge < -0.3 is 10.6 Å². The standard InChI is InChI=1S/C12H20N4.HI/c1-4-7-15-12(13-3)16-9-11-10(2)6-5-8-14-11;/h5-6,8H,4,7,9H2,1-3H3,(H2,13,15,16);1H. The molecule has 0 spiro atoms. The summed E-state index contributed by atoms with van der Waals surface area (Å²) in [7, 11) is 1.77. The van der Waals surface area contributed by atoms with Gasteiger partial charge in [0.1, 0.15) is 0 Å². The Bertz CT molecular complexity index is 352. The summed E-state index contributed by atoms with van der Waals surface area (Å²) in [5, 5.41) is 6.46. The smallest absolute Gasteiger partial charge is 0.191 e. The van der Waals surface area contributed by atoms with Crippen LogP contribution in [0, 0.1) is 6.92 Å². The summed E-state index contributed by atoms with van der Waals surface area (Å²) in [6, 6.07) is 4.01. The fraction of sp³-hybridized carbons (Fsp3) is 0.500. The van der Waals surface area contributed by atoms with Crippen molar-refractivity contribution in [2.45, 2.75) is 26.8 Å². The van der Waals surface area contributed by atoms with Gasteiger partial charge in [-0.3, -0.25) is 9.98 Å². The zero-order chi connectivity index (χ0) is 11.8. The largest absolute Gasteiger partial charge is 0.356 e. The lowest BCUT2D eigenvalue weighted by Gasteiger charge is -2.11. The predicted molar refractivity (Wildman–Crippen MR) is 82.9 cm³/mol. The van der Waals surface area contributed by atoms with Crippen LogP contribution in [0.5, 0.6) is 0 Å². The summed E-state index contributed by atoms with van der Waals surface area (Å²) in [5.74, 6) is 0.826. The third-order valence-corrected chi connectivity index (χ3v) is 2.31. The number of hydrogen-bond donors (Lipinski definition) is 2. The van der Waals surface area contributed by atoms with Crippen LogP contribution in [0.4, 0.5) is 0 Å². The van der Waals surface area contributed by atoms with Crippen LogP contribution in [0.1, 0.15) is 24.6 Å². The Kier molecular flexibility index (Phi) is 8.75. The van der Waals surface area contributed by atoms with Crippen LogP contribution in [0.15, 0.2) is 23.3 Å². The van der Waals surface area contributed by atoms with Gasteiger partial charge in [-0.1, -0.05) is 13.0 Å². The molecular weight excluding hydrogens is 327 g/mol. The van der Waals surface area contributed by atoms with Crippen LogP contribution in [0.2, 0.25) is 0 Å². The van der Waals surface area contributed by atoms with E-state index in [9.17, 15) is 0 Å². The lowest BCUT2D eigenvalue weighted by atomic mass is 10.2. The first-order valence-electron chi connectivity index (χ1n) is 5.63. The second-order valence-corrected chi connectivity index (χ2v) is 3.62. The molecule has 0 amide bonds. The van der Waals surface area contributed by atoms with E-state index < -0.39 is 0 Å². The first-order valence-corrected chi connectivity index (χ1v) is 5.63. The van der Waals surface area contributed by atoms with Gasteiger partial charge in [-0.25, -0.2) is 0 Å².